The molecule has 0 saturated carbocycles. The van der Waals surface area contributed by atoms with Crippen molar-refractivity contribution in [3.63, 3.8) is 0 Å². The molecule has 0 spiro atoms. The van der Waals surface area contributed by atoms with Crippen LogP contribution in [-0.4, -0.2) is 20.2 Å². The van der Waals surface area contributed by atoms with E-state index < -0.39 is 11.8 Å². The highest BCUT2D eigenvalue weighted by Gasteiger charge is 2.13. The van der Waals surface area contributed by atoms with Crippen LogP contribution in [0.1, 0.15) is 10.4 Å². The number of nitrogens with two attached hydrogens (primary N) is 1. The normalized spacial score (nSPS) is 10.0. The average molecular weight is 290 g/mol. The summed E-state index contributed by atoms with van der Waals surface area (Å²) in [5, 5.41) is 3.01. The number of nitrogens with one attached hydrogen (secondary N) is 1. The summed E-state index contributed by atoms with van der Waals surface area (Å²) >= 11 is 0. The smallest absolute Gasteiger partial charge is 0.340 e. The van der Waals surface area contributed by atoms with Gasteiger partial charge < -0.3 is 20.5 Å². The van der Waals surface area contributed by atoms with Gasteiger partial charge >= 0.3 is 5.97 Å². The van der Waals surface area contributed by atoms with Gasteiger partial charge in [0, 0.05) is 11.8 Å². The first kappa shape index (κ1) is 14.6. The van der Waals surface area contributed by atoms with Gasteiger partial charge in [-0.15, -0.1) is 0 Å². The van der Waals surface area contributed by atoms with Crippen molar-refractivity contribution in [3.05, 3.63) is 47.8 Å². The van der Waals surface area contributed by atoms with Crippen LogP contribution in [0.4, 0.5) is 21.5 Å². The number of hydrogen-bond donors (Lipinski definition) is 2. The summed E-state index contributed by atoms with van der Waals surface area (Å²) in [7, 11) is 2.67. The van der Waals surface area contributed by atoms with Crippen molar-refractivity contribution in [1.82, 2.24) is 0 Å². The molecule has 0 aromatic heterocycles. The molecule has 0 bridgehead atoms. The predicted molar refractivity (Wildman–Crippen MR) is 78.4 cm³/mol. The van der Waals surface area contributed by atoms with Crippen LogP contribution in [-0.2, 0) is 4.74 Å². The van der Waals surface area contributed by atoms with Gasteiger partial charge in [0.25, 0.3) is 0 Å². The molecular weight excluding hydrogens is 275 g/mol. The van der Waals surface area contributed by atoms with E-state index in [1.807, 2.05) is 0 Å². The summed E-state index contributed by atoms with van der Waals surface area (Å²) in [6, 6.07) is 9.27. The highest BCUT2D eigenvalue weighted by Crippen LogP contribution is 2.29. The maximum atomic E-state index is 13.4. The number of halogens is 1. The first-order valence-electron chi connectivity index (χ1n) is 6.14. The molecular formula is C15H15FN2O3. The minimum Gasteiger partial charge on any atom is -0.494 e. The van der Waals surface area contributed by atoms with Crippen LogP contribution in [0.3, 0.4) is 0 Å². The van der Waals surface area contributed by atoms with Gasteiger partial charge in [-0.2, -0.15) is 0 Å². The summed E-state index contributed by atoms with van der Waals surface area (Å²) in [5.41, 5.74) is 7.56. The van der Waals surface area contributed by atoms with Gasteiger partial charge in [0.15, 0.2) is 11.6 Å². The van der Waals surface area contributed by atoms with E-state index in [0.717, 1.165) is 0 Å². The quantitative estimate of drug-likeness (QED) is 0.669. The van der Waals surface area contributed by atoms with E-state index in [2.05, 4.69) is 10.1 Å². The minimum atomic E-state index is -0.521. The Labute approximate surface area is 121 Å². The lowest BCUT2D eigenvalue weighted by Gasteiger charge is -2.13. The zero-order valence-electron chi connectivity index (χ0n) is 11.6. The molecule has 0 amide bonds. The van der Waals surface area contributed by atoms with Crippen LogP contribution in [0, 0.1) is 5.82 Å². The van der Waals surface area contributed by atoms with E-state index in [-0.39, 0.29) is 17.0 Å². The third-order valence-corrected chi connectivity index (χ3v) is 2.94. The Morgan fingerprint density at radius 2 is 2.00 bits per heavy atom. The molecule has 2 aromatic rings. The fraction of sp³-hybridized carbons (Fsp3) is 0.133. The zero-order valence-corrected chi connectivity index (χ0v) is 11.6. The van der Waals surface area contributed by atoms with Crippen molar-refractivity contribution in [2.24, 2.45) is 0 Å². The molecule has 0 aliphatic carbocycles. The molecule has 3 N–H and O–H groups in total. The first-order valence-corrected chi connectivity index (χ1v) is 6.14. The summed E-state index contributed by atoms with van der Waals surface area (Å²) in [4.78, 5) is 11.6. The number of benzene rings is 2. The summed E-state index contributed by atoms with van der Waals surface area (Å²) < 4.78 is 22.9. The highest BCUT2D eigenvalue weighted by atomic mass is 19.1. The minimum absolute atomic E-state index is 0.114. The number of anilines is 3. The molecule has 6 heteroatoms. The lowest BCUT2D eigenvalue weighted by Crippen LogP contribution is -2.07. The molecule has 0 unspecified atom stereocenters. The monoisotopic (exact) mass is 290 g/mol. The van der Waals surface area contributed by atoms with E-state index in [1.54, 1.807) is 24.3 Å². The van der Waals surface area contributed by atoms with Crippen LogP contribution in [0.25, 0.3) is 0 Å². The second kappa shape index (κ2) is 6.13. The maximum absolute atomic E-state index is 13.4. The summed E-state index contributed by atoms with van der Waals surface area (Å²) in [6.07, 6.45) is 0. The molecule has 0 saturated heterocycles. The van der Waals surface area contributed by atoms with Crippen molar-refractivity contribution in [1.29, 1.82) is 0 Å². The molecule has 0 atom stereocenters. The largest absolute Gasteiger partial charge is 0.494 e. The van der Waals surface area contributed by atoms with Gasteiger partial charge in [-0.05, 0) is 24.3 Å². The van der Waals surface area contributed by atoms with Crippen LogP contribution in [0.15, 0.2) is 36.4 Å². The van der Waals surface area contributed by atoms with Crippen LogP contribution in [0.5, 0.6) is 5.75 Å². The van der Waals surface area contributed by atoms with Crippen LogP contribution < -0.4 is 15.8 Å². The standard InChI is InChI=1S/C15H15FN2O3/c1-20-13-8-9(6-7-11(13)16)18-12-5-3-4-10(14(12)17)15(19)21-2/h3-8,18H,17H2,1-2H3. The van der Waals surface area contributed by atoms with Gasteiger partial charge in [0.05, 0.1) is 31.2 Å². The molecule has 2 rings (SSSR count). The predicted octanol–water partition coefficient (Wildman–Crippen LogP) is 2.95. The van der Waals surface area contributed by atoms with Crippen molar-refractivity contribution in [2.75, 3.05) is 25.3 Å². The van der Waals surface area contributed by atoms with Crippen molar-refractivity contribution < 1.29 is 18.7 Å². The highest BCUT2D eigenvalue weighted by molar-refractivity contribution is 5.98. The number of esters is 1. The lowest BCUT2D eigenvalue weighted by molar-refractivity contribution is 0.0602. The molecule has 0 fully saturated rings. The summed E-state index contributed by atoms with van der Waals surface area (Å²) in [5.74, 6) is -0.866. The Hall–Kier alpha value is -2.76. The molecule has 0 aliphatic rings. The van der Waals surface area contributed by atoms with Gasteiger partial charge in [-0.25, -0.2) is 9.18 Å². The SMILES string of the molecule is COC(=O)c1cccc(Nc2ccc(F)c(OC)c2)c1N. The van der Waals surface area contributed by atoms with E-state index in [4.69, 9.17) is 10.5 Å². The van der Waals surface area contributed by atoms with Gasteiger partial charge in [-0.3, -0.25) is 0 Å². The number of hydrogen-bond acceptors (Lipinski definition) is 5. The molecule has 5 nitrogen and oxygen atoms in total. The number of para-hydroxylation sites is 1. The van der Waals surface area contributed by atoms with Crippen molar-refractivity contribution in [2.45, 2.75) is 0 Å². The second-order valence-electron chi connectivity index (χ2n) is 4.23. The molecule has 0 aliphatic heterocycles. The maximum Gasteiger partial charge on any atom is 0.340 e. The van der Waals surface area contributed by atoms with Crippen molar-refractivity contribution in [3.8, 4) is 5.75 Å². The molecule has 21 heavy (non-hydrogen) atoms. The van der Waals surface area contributed by atoms with E-state index >= 15 is 0 Å². The molecule has 0 heterocycles. The lowest BCUT2D eigenvalue weighted by atomic mass is 10.1. The number of rotatable bonds is 4. The first-order chi connectivity index (χ1) is 10.1. The van der Waals surface area contributed by atoms with E-state index in [1.165, 1.54) is 26.4 Å². The number of ether oxygens (including phenoxy) is 2. The summed E-state index contributed by atoms with van der Waals surface area (Å²) in [6.45, 7) is 0. The third kappa shape index (κ3) is 3.05. The third-order valence-electron chi connectivity index (χ3n) is 2.94. The van der Waals surface area contributed by atoms with Gasteiger partial charge in [-0.1, -0.05) is 6.07 Å². The van der Waals surface area contributed by atoms with Crippen LogP contribution >= 0.6 is 0 Å². The van der Waals surface area contributed by atoms with Gasteiger partial charge in [0.2, 0.25) is 0 Å². The van der Waals surface area contributed by atoms with Crippen LogP contribution in [0.2, 0.25) is 0 Å². The molecule has 0 radical (unpaired) electrons. The number of carbonyl (C=O) groups excluding carboxylic acids is 1. The van der Waals surface area contributed by atoms with E-state index in [0.29, 0.717) is 11.4 Å². The Morgan fingerprint density at radius 3 is 2.67 bits per heavy atom. The number of carbonyl (C=O) groups is 1. The van der Waals surface area contributed by atoms with Gasteiger partial charge in [0.1, 0.15) is 0 Å². The Kier molecular flexibility index (Phi) is 4.27. The van der Waals surface area contributed by atoms with Crippen molar-refractivity contribution >= 4 is 23.0 Å². The molecule has 2 aromatic carbocycles. The molecule has 110 valence electrons. The van der Waals surface area contributed by atoms with E-state index in [9.17, 15) is 9.18 Å². The Morgan fingerprint density at radius 1 is 1.24 bits per heavy atom. The second-order valence-corrected chi connectivity index (χ2v) is 4.23. The fourth-order valence-electron chi connectivity index (χ4n) is 1.86. The fourth-order valence-corrected chi connectivity index (χ4v) is 1.86. The number of methoxy groups -OCH3 is 2. The average Bonchev–Trinajstić information content (AvgIpc) is 2.50. The zero-order chi connectivity index (χ0) is 15.4. The number of nitrogen functional groups attached to an aromatic ring is 1. The Balaban J connectivity index is 2.34. The Bertz CT molecular complexity index is 674. The topological polar surface area (TPSA) is 73.6 Å².